The first-order chi connectivity index (χ1) is 14.8. The van der Waals surface area contributed by atoms with Crippen molar-refractivity contribution >= 4 is 27.2 Å². The van der Waals surface area contributed by atoms with Gasteiger partial charge in [0.25, 0.3) is 0 Å². The Morgan fingerprint density at radius 3 is 2.73 bits per heavy atom. The molecular formula is C21H29N7OS. The molecule has 1 aliphatic heterocycles. The van der Waals surface area contributed by atoms with E-state index >= 15 is 0 Å². The Bertz CT molecular complexity index is 926. The summed E-state index contributed by atoms with van der Waals surface area (Å²) in [5.74, 6) is 0.960. The zero-order valence-corrected chi connectivity index (χ0v) is 18.3. The fourth-order valence-corrected chi connectivity index (χ4v) is 5.17. The van der Waals surface area contributed by atoms with Crippen LogP contribution in [0.25, 0.3) is 16.2 Å². The number of imidazole rings is 1. The lowest BCUT2D eigenvalue weighted by Crippen LogP contribution is -2.49. The van der Waals surface area contributed by atoms with Crippen LogP contribution in [-0.4, -0.2) is 63.5 Å². The summed E-state index contributed by atoms with van der Waals surface area (Å²) in [5.41, 5.74) is 1.92. The molecule has 5 rings (SSSR count). The Kier molecular flexibility index (Phi) is 5.83. The second-order valence-electron chi connectivity index (χ2n) is 7.93. The molecule has 2 aliphatic rings. The molecule has 0 aromatic carbocycles. The molecule has 4 heterocycles. The summed E-state index contributed by atoms with van der Waals surface area (Å²) in [7, 11) is 0. The van der Waals surface area contributed by atoms with E-state index in [-0.39, 0.29) is 0 Å². The normalized spacial score (nSPS) is 18.7. The first kappa shape index (κ1) is 19.7. The van der Waals surface area contributed by atoms with Gasteiger partial charge in [-0.2, -0.15) is 0 Å². The van der Waals surface area contributed by atoms with E-state index in [1.165, 1.54) is 32.1 Å². The Labute approximate surface area is 180 Å². The molecule has 0 radical (unpaired) electrons. The van der Waals surface area contributed by atoms with Crippen molar-refractivity contribution in [3.63, 3.8) is 0 Å². The monoisotopic (exact) mass is 427 g/mol. The van der Waals surface area contributed by atoms with Crippen LogP contribution in [0.5, 0.6) is 0 Å². The van der Waals surface area contributed by atoms with Crippen LogP contribution < -0.4 is 10.3 Å². The second-order valence-corrected chi connectivity index (χ2v) is 8.88. The number of nitrogens with one attached hydrogen (secondary N) is 1. The lowest BCUT2D eigenvalue weighted by molar-refractivity contribution is 0.0318. The highest BCUT2D eigenvalue weighted by Gasteiger charge is 2.19. The van der Waals surface area contributed by atoms with Gasteiger partial charge in [-0.25, -0.2) is 19.5 Å². The predicted molar refractivity (Wildman–Crippen MR) is 120 cm³/mol. The van der Waals surface area contributed by atoms with Gasteiger partial charge >= 0.3 is 0 Å². The maximum atomic E-state index is 5.47. The third kappa shape index (κ3) is 4.14. The van der Waals surface area contributed by atoms with E-state index in [1.807, 2.05) is 16.9 Å². The largest absolute Gasteiger partial charge is 0.379 e. The molecule has 3 aromatic heterocycles. The number of rotatable bonds is 6. The van der Waals surface area contributed by atoms with Crippen LogP contribution in [0.3, 0.4) is 0 Å². The standard InChI is InChI=1S/C21H29N7OS/c1-2-28(26-10-12-29-13-11-26)19-9-8-16(14-22-19)18-15-27-21(24-18)30-20(25-27)23-17-6-4-3-5-7-17/h8-9,14-15,17H,2-7,10-13H2,1H3,(H,23,25). The van der Waals surface area contributed by atoms with Crippen molar-refractivity contribution in [1.29, 1.82) is 0 Å². The summed E-state index contributed by atoms with van der Waals surface area (Å²) in [6, 6.07) is 4.73. The third-order valence-corrected chi connectivity index (χ3v) is 6.77. The highest BCUT2D eigenvalue weighted by atomic mass is 32.1. The molecule has 30 heavy (non-hydrogen) atoms. The number of nitrogens with zero attached hydrogens (tertiary/aromatic N) is 6. The molecule has 2 fully saturated rings. The fraction of sp³-hybridized carbons (Fsp3) is 0.571. The fourth-order valence-electron chi connectivity index (χ4n) is 4.31. The first-order valence-corrected chi connectivity index (χ1v) is 11.8. The van der Waals surface area contributed by atoms with E-state index in [2.05, 4.69) is 39.5 Å². The van der Waals surface area contributed by atoms with E-state index in [0.717, 1.165) is 60.0 Å². The average Bonchev–Trinajstić information content (AvgIpc) is 3.35. The van der Waals surface area contributed by atoms with Crippen LogP contribution in [0.1, 0.15) is 39.0 Å². The summed E-state index contributed by atoms with van der Waals surface area (Å²) in [5, 5.41) is 13.8. The Morgan fingerprint density at radius 2 is 2.03 bits per heavy atom. The van der Waals surface area contributed by atoms with Gasteiger partial charge in [0, 0.05) is 37.4 Å². The van der Waals surface area contributed by atoms with Crippen molar-refractivity contribution in [2.45, 2.75) is 45.1 Å². The summed E-state index contributed by atoms with van der Waals surface area (Å²) in [4.78, 5) is 10.4. The number of pyridine rings is 1. The zero-order chi connectivity index (χ0) is 20.3. The molecule has 160 valence electrons. The second kappa shape index (κ2) is 8.87. The van der Waals surface area contributed by atoms with Crippen LogP contribution in [0.15, 0.2) is 24.5 Å². The molecule has 1 saturated heterocycles. The van der Waals surface area contributed by atoms with Gasteiger partial charge in [-0.05, 0) is 31.9 Å². The van der Waals surface area contributed by atoms with Crippen molar-refractivity contribution < 1.29 is 4.74 Å². The van der Waals surface area contributed by atoms with Crippen molar-refractivity contribution in [3.8, 4) is 11.3 Å². The van der Waals surface area contributed by atoms with Gasteiger partial charge in [0.15, 0.2) is 0 Å². The number of ether oxygens (including phenoxy) is 1. The number of hydrazine groups is 1. The Hall–Kier alpha value is -2.23. The smallest absolute Gasteiger partial charge is 0.214 e. The third-order valence-electron chi connectivity index (χ3n) is 5.91. The van der Waals surface area contributed by atoms with E-state index in [9.17, 15) is 0 Å². The molecule has 0 atom stereocenters. The number of fused-ring (bicyclic) bond motifs is 1. The molecule has 0 spiro atoms. The molecule has 1 N–H and O–H groups in total. The quantitative estimate of drug-likeness (QED) is 0.643. The minimum absolute atomic E-state index is 0.554. The summed E-state index contributed by atoms with van der Waals surface area (Å²) < 4.78 is 7.35. The molecule has 1 aliphatic carbocycles. The van der Waals surface area contributed by atoms with E-state index < -0.39 is 0 Å². The van der Waals surface area contributed by atoms with Crippen LogP contribution in [0, 0.1) is 0 Å². The highest BCUT2D eigenvalue weighted by molar-refractivity contribution is 7.20. The molecular weight excluding hydrogens is 398 g/mol. The Balaban J connectivity index is 1.29. The SMILES string of the molecule is CCN(c1ccc(-c2cn3nc(NC4CCCCC4)sc3n2)cn1)N1CCOCC1. The number of hydrogen-bond acceptors (Lipinski definition) is 8. The van der Waals surface area contributed by atoms with Crippen LogP contribution >= 0.6 is 11.3 Å². The minimum Gasteiger partial charge on any atom is -0.379 e. The van der Waals surface area contributed by atoms with Crippen LogP contribution in [-0.2, 0) is 4.74 Å². The highest BCUT2D eigenvalue weighted by Crippen LogP contribution is 2.28. The maximum absolute atomic E-state index is 5.47. The number of hydrogen-bond donors (Lipinski definition) is 1. The van der Waals surface area contributed by atoms with Gasteiger partial charge in [0.2, 0.25) is 10.1 Å². The number of morpholine rings is 1. The van der Waals surface area contributed by atoms with E-state index in [0.29, 0.717) is 6.04 Å². The van der Waals surface area contributed by atoms with Crippen LogP contribution in [0.2, 0.25) is 0 Å². The topological polar surface area (TPSA) is 70.8 Å². The predicted octanol–water partition coefficient (Wildman–Crippen LogP) is 3.67. The maximum Gasteiger partial charge on any atom is 0.214 e. The molecule has 0 unspecified atom stereocenters. The Morgan fingerprint density at radius 1 is 1.20 bits per heavy atom. The lowest BCUT2D eigenvalue weighted by Gasteiger charge is -2.37. The van der Waals surface area contributed by atoms with E-state index in [4.69, 9.17) is 14.7 Å². The van der Waals surface area contributed by atoms with Crippen LogP contribution in [0.4, 0.5) is 10.9 Å². The van der Waals surface area contributed by atoms with Gasteiger partial charge in [-0.1, -0.05) is 30.6 Å². The molecule has 3 aromatic rings. The van der Waals surface area contributed by atoms with Crippen molar-refractivity contribution in [3.05, 3.63) is 24.5 Å². The summed E-state index contributed by atoms with van der Waals surface area (Å²) in [6.07, 6.45) is 10.4. The van der Waals surface area contributed by atoms with Gasteiger partial charge < -0.3 is 10.1 Å². The molecule has 9 heteroatoms. The summed E-state index contributed by atoms with van der Waals surface area (Å²) in [6.45, 7) is 6.37. The average molecular weight is 428 g/mol. The van der Waals surface area contributed by atoms with Gasteiger partial charge in [-0.3, -0.25) is 5.01 Å². The molecule has 0 amide bonds. The molecule has 8 nitrogen and oxygen atoms in total. The summed E-state index contributed by atoms with van der Waals surface area (Å²) >= 11 is 1.62. The minimum atomic E-state index is 0.554. The lowest BCUT2D eigenvalue weighted by atomic mass is 9.96. The van der Waals surface area contributed by atoms with Crippen molar-refractivity contribution in [2.24, 2.45) is 0 Å². The molecule has 1 saturated carbocycles. The molecule has 0 bridgehead atoms. The van der Waals surface area contributed by atoms with Crippen molar-refractivity contribution in [1.82, 2.24) is 24.6 Å². The number of anilines is 2. The van der Waals surface area contributed by atoms with Crippen molar-refractivity contribution in [2.75, 3.05) is 43.2 Å². The van der Waals surface area contributed by atoms with Gasteiger partial charge in [0.1, 0.15) is 5.82 Å². The van der Waals surface area contributed by atoms with Gasteiger partial charge in [-0.15, -0.1) is 5.10 Å². The number of aromatic nitrogens is 4. The van der Waals surface area contributed by atoms with Gasteiger partial charge in [0.05, 0.1) is 25.1 Å². The zero-order valence-electron chi connectivity index (χ0n) is 17.5. The van der Waals surface area contributed by atoms with E-state index in [1.54, 1.807) is 11.3 Å². The first-order valence-electron chi connectivity index (χ1n) is 11.0.